The smallest absolute Gasteiger partial charge is 0.299 e. The quantitative estimate of drug-likeness (QED) is 0.576. The first kappa shape index (κ1) is 14.4. The Bertz CT molecular complexity index is 498. The highest BCUT2D eigenvalue weighted by Crippen LogP contribution is 2.14. The fourth-order valence-corrected chi connectivity index (χ4v) is 2.11. The largest absolute Gasteiger partial charge is 0.329 e. The Kier molecular flexibility index (Phi) is 5.08. The Hall–Kier alpha value is -1.64. The molecular weight excluding hydrogens is 256 g/mol. The maximum atomic E-state index is 11.5. The fraction of sp³-hybridized carbons (Fsp3) is 0.300. The number of hydrogen-bond donors (Lipinski definition) is 4. The van der Waals surface area contributed by atoms with Crippen LogP contribution in [0.1, 0.15) is 6.92 Å². The average molecular weight is 272 g/mol. The highest BCUT2D eigenvalue weighted by molar-refractivity contribution is 7.90. The second kappa shape index (κ2) is 6.34. The number of amides is 1. The van der Waals surface area contributed by atoms with Crippen LogP contribution in [0.4, 0.5) is 11.4 Å². The van der Waals surface area contributed by atoms with Gasteiger partial charge in [-0.3, -0.25) is 9.52 Å². The number of benzene rings is 1. The topological polar surface area (TPSA) is 113 Å². The second-order valence-electron chi connectivity index (χ2n) is 3.55. The van der Waals surface area contributed by atoms with Crippen molar-refractivity contribution in [3.05, 3.63) is 24.3 Å². The van der Waals surface area contributed by atoms with Gasteiger partial charge in [0.05, 0.1) is 0 Å². The van der Waals surface area contributed by atoms with Gasteiger partial charge in [0.15, 0.2) is 0 Å². The third-order valence-corrected chi connectivity index (χ3v) is 2.98. The van der Waals surface area contributed by atoms with Crippen LogP contribution in [0, 0.1) is 0 Å². The van der Waals surface area contributed by atoms with Gasteiger partial charge in [-0.1, -0.05) is 0 Å². The van der Waals surface area contributed by atoms with Gasteiger partial charge in [-0.2, -0.15) is 13.1 Å². The number of carbonyl (C=O) groups is 1. The van der Waals surface area contributed by atoms with Gasteiger partial charge < -0.3 is 11.1 Å². The first-order valence-electron chi connectivity index (χ1n) is 5.28. The van der Waals surface area contributed by atoms with E-state index in [9.17, 15) is 13.2 Å². The molecule has 8 heteroatoms. The summed E-state index contributed by atoms with van der Waals surface area (Å²) in [5, 5.41) is 2.58. The van der Waals surface area contributed by atoms with E-state index in [1.165, 1.54) is 6.92 Å². The van der Waals surface area contributed by atoms with Gasteiger partial charge >= 0.3 is 0 Å². The fourth-order valence-electron chi connectivity index (χ4n) is 1.21. The van der Waals surface area contributed by atoms with E-state index in [0.717, 1.165) is 0 Å². The number of nitrogens with one attached hydrogen (secondary N) is 3. The van der Waals surface area contributed by atoms with Crippen molar-refractivity contribution in [2.24, 2.45) is 5.73 Å². The highest BCUT2D eigenvalue weighted by Gasteiger charge is 2.08. The summed E-state index contributed by atoms with van der Waals surface area (Å²) < 4.78 is 27.5. The van der Waals surface area contributed by atoms with E-state index in [1.54, 1.807) is 24.3 Å². The molecule has 1 amide bonds. The summed E-state index contributed by atoms with van der Waals surface area (Å²) in [5.74, 6) is -0.187. The first-order chi connectivity index (χ1) is 8.43. The zero-order valence-electron chi connectivity index (χ0n) is 9.93. The molecule has 0 heterocycles. The van der Waals surface area contributed by atoms with Crippen LogP contribution in [0.2, 0.25) is 0 Å². The number of anilines is 2. The molecule has 0 saturated heterocycles. The maximum absolute atomic E-state index is 11.5. The van der Waals surface area contributed by atoms with E-state index in [0.29, 0.717) is 11.4 Å². The van der Waals surface area contributed by atoms with Crippen molar-refractivity contribution in [1.82, 2.24) is 4.72 Å². The van der Waals surface area contributed by atoms with Crippen LogP contribution in [0.3, 0.4) is 0 Å². The lowest BCUT2D eigenvalue weighted by Gasteiger charge is -2.09. The summed E-state index contributed by atoms with van der Waals surface area (Å²) in [6, 6.07) is 6.30. The van der Waals surface area contributed by atoms with Crippen LogP contribution < -0.4 is 20.5 Å². The van der Waals surface area contributed by atoms with Crippen LogP contribution in [0.25, 0.3) is 0 Å². The summed E-state index contributed by atoms with van der Waals surface area (Å²) in [6.45, 7) is 1.79. The normalized spacial score (nSPS) is 11.0. The minimum Gasteiger partial charge on any atom is -0.329 e. The lowest BCUT2D eigenvalue weighted by atomic mass is 10.3. The molecule has 1 rings (SSSR count). The van der Waals surface area contributed by atoms with Gasteiger partial charge in [0.2, 0.25) is 5.91 Å². The van der Waals surface area contributed by atoms with Crippen molar-refractivity contribution in [2.75, 3.05) is 23.1 Å². The minimum absolute atomic E-state index is 0.166. The number of carbonyl (C=O) groups excluding carboxylic acids is 1. The summed E-state index contributed by atoms with van der Waals surface area (Å²) >= 11 is 0. The van der Waals surface area contributed by atoms with Crippen LogP contribution in [-0.4, -0.2) is 27.4 Å². The molecule has 1 aromatic carbocycles. The van der Waals surface area contributed by atoms with E-state index < -0.39 is 10.2 Å². The van der Waals surface area contributed by atoms with Crippen LogP contribution >= 0.6 is 0 Å². The van der Waals surface area contributed by atoms with E-state index in [-0.39, 0.29) is 19.0 Å². The number of nitrogens with two attached hydrogens (primary N) is 1. The van der Waals surface area contributed by atoms with E-state index in [4.69, 9.17) is 5.73 Å². The number of rotatable bonds is 6. The van der Waals surface area contributed by atoms with Crippen LogP contribution in [0.15, 0.2) is 24.3 Å². The van der Waals surface area contributed by atoms with Gasteiger partial charge in [-0.05, 0) is 24.3 Å². The molecule has 0 aromatic heterocycles. The SMILES string of the molecule is CC(=O)Nc1ccc(NS(=O)(=O)NCCN)cc1. The molecule has 0 saturated carbocycles. The van der Waals surface area contributed by atoms with Gasteiger partial charge in [-0.25, -0.2) is 0 Å². The predicted molar refractivity (Wildman–Crippen MR) is 70.3 cm³/mol. The van der Waals surface area contributed by atoms with Crippen molar-refractivity contribution < 1.29 is 13.2 Å². The summed E-state index contributed by atoms with van der Waals surface area (Å²) in [6.07, 6.45) is 0. The molecule has 0 spiro atoms. The van der Waals surface area contributed by atoms with E-state index >= 15 is 0 Å². The Balaban J connectivity index is 2.66. The zero-order valence-corrected chi connectivity index (χ0v) is 10.8. The third-order valence-electron chi connectivity index (χ3n) is 1.89. The van der Waals surface area contributed by atoms with E-state index in [2.05, 4.69) is 14.8 Å². The minimum atomic E-state index is -3.60. The third kappa shape index (κ3) is 5.13. The van der Waals surface area contributed by atoms with Crippen molar-refractivity contribution in [3.63, 3.8) is 0 Å². The van der Waals surface area contributed by atoms with Crippen LogP contribution in [0.5, 0.6) is 0 Å². The summed E-state index contributed by atoms with van der Waals surface area (Å²) in [7, 11) is -3.60. The lowest BCUT2D eigenvalue weighted by Crippen LogP contribution is -2.33. The van der Waals surface area contributed by atoms with Gasteiger partial charge in [0, 0.05) is 31.4 Å². The van der Waals surface area contributed by atoms with Gasteiger partial charge in [0.1, 0.15) is 0 Å². The van der Waals surface area contributed by atoms with Crippen LogP contribution in [-0.2, 0) is 15.0 Å². The molecule has 0 unspecified atom stereocenters. The molecule has 100 valence electrons. The van der Waals surface area contributed by atoms with Crippen molar-refractivity contribution in [2.45, 2.75) is 6.92 Å². The molecule has 5 N–H and O–H groups in total. The molecule has 1 aromatic rings. The molecule has 0 aliphatic rings. The van der Waals surface area contributed by atoms with Crippen molar-refractivity contribution in [3.8, 4) is 0 Å². The molecular formula is C10H16N4O3S. The van der Waals surface area contributed by atoms with Crippen molar-refractivity contribution >= 4 is 27.5 Å². The Morgan fingerprint density at radius 1 is 1.22 bits per heavy atom. The Morgan fingerprint density at radius 3 is 2.28 bits per heavy atom. The number of hydrogen-bond acceptors (Lipinski definition) is 4. The second-order valence-corrected chi connectivity index (χ2v) is 5.05. The molecule has 0 radical (unpaired) electrons. The monoisotopic (exact) mass is 272 g/mol. The zero-order chi connectivity index (χ0) is 13.6. The molecule has 0 aliphatic heterocycles. The molecule has 0 aliphatic carbocycles. The molecule has 18 heavy (non-hydrogen) atoms. The lowest BCUT2D eigenvalue weighted by molar-refractivity contribution is -0.114. The molecule has 7 nitrogen and oxygen atoms in total. The highest BCUT2D eigenvalue weighted by atomic mass is 32.2. The van der Waals surface area contributed by atoms with Gasteiger partial charge in [-0.15, -0.1) is 0 Å². The maximum Gasteiger partial charge on any atom is 0.299 e. The predicted octanol–water partition coefficient (Wildman–Crippen LogP) is -0.150. The summed E-state index contributed by atoms with van der Waals surface area (Å²) in [4.78, 5) is 10.8. The molecule has 0 atom stereocenters. The van der Waals surface area contributed by atoms with E-state index in [1.807, 2.05) is 0 Å². The molecule has 0 bridgehead atoms. The van der Waals surface area contributed by atoms with Crippen molar-refractivity contribution in [1.29, 1.82) is 0 Å². The Labute approximate surface area is 106 Å². The first-order valence-corrected chi connectivity index (χ1v) is 6.76. The Morgan fingerprint density at radius 2 is 1.78 bits per heavy atom. The molecule has 0 fully saturated rings. The van der Waals surface area contributed by atoms with Gasteiger partial charge in [0.25, 0.3) is 10.2 Å². The average Bonchev–Trinajstić information content (AvgIpc) is 2.28. The summed E-state index contributed by atoms with van der Waals surface area (Å²) in [5.41, 5.74) is 6.19. The standard InChI is InChI=1S/C10H16N4O3S/c1-8(15)13-9-2-4-10(5-3-9)14-18(16,17)12-7-6-11/h2-5,12,14H,6-7,11H2,1H3,(H,13,15).